The third-order valence-corrected chi connectivity index (χ3v) is 3.87. The Morgan fingerprint density at radius 1 is 0.762 bits per heavy atom. The van der Waals surface area contributed by atoms with E-state index in [9.17, 15) is 0 Å². The second-order valence-corrected chi connectivity index (χ2v) is 5.87. The van der Waals surface area contributed by atoms with Crippen molar-refractivity contribution < 1.29 is 0 Å². The minimum atomic E-state index is 1.09. The Hall–Kier alpha value is -1.18. The Labute approximate surface area is 131 Å². The molecule has 0 spiro atoms. The van der Waals surface area contributed by atoms with Gasteiger partial charge in [-0.15, -0.1) is 0 Å². The summed E-state index contributed by atoms with van der Waals surface area (Å²) < 4.78 is 0. The quantitative estimate of drug-likeness (QED) is 0.497. The molecular formula is C19H34N2. The van der Waals surface area contributed by atoms with Crippen LogP contribution in [0.1, 0.15) is 65.7 Å². The monoisotopic (exact) mass is 290 g/mol. The number of hydrogen-bond donors (Lipinski definition) is 1. The molecule has 2 nitrogen and oxygen atoms in total. The summed E-state index contributed by atoms with van der Waals surface area (Å²) in [6.07, 6.45) is 8.99. The highest BCUT2D eigenvalue weighted by Gasteiger charge is 2.05. The van der Waals surface area contributed by atoms with Crippen molar-refractivity contribution in [3.05, 3.63) is 24.3 Å². The standard InChI is InChI=1S/C19H34N2/c1-4-7-9-15-20-18-11-13-19(14-12-18)21(16-6-3)17-10-8-5-2/h11-14,20H,4-10,15-17H2,1-3H3. The van der Waals surface area contributed by atoms with Gasteiger partial charge in [0.15, 0.2) is 0 Å². The lowest BCUT2D eigenvalue weighted by atomic mass is 10.2. The number of unbranched alkanes of at least 4 members (excludes halogenated alkanes) is 4. The number of nitrogens with zero attached hydrogens (tertiary/aromatic N) is 1. The van der Waals surface area contributed by atoms with Crippen molar-refractivity contribution in [3.8, 4) is 0 Å². The normalized spacial score (nSPS) is 10.6. The van der Waals surface area contributed by atoms with Crippen molar-refractivity contribution >= 4 is 11.4 Å². The van der Waals surface area contributed by atoms with Crippen LogP contribution in [0.2, 0.25) is 0 Å². The van der Waals surface area contributed by atoms with E-state index >= 15 is 0 Å². The smallest absolute Gasteiger partial charge is 0.0367 e. The van der Waals surface area contributed by atoms with E-state index in [1.807, 2.05) is 0 Å². The second kappa shape index (κ2) is 11.5. The third-order valence-electron chi connectivity index (χ3n) is 3.87. The van der Waals surface area contributed by atoms with Crippen molar-refractivity contribution in [1.82, 2.24) is 0 Å². The average molecular weight is 290 g/mol. The van der Waals surface area contributed by atoms with Crippen LogP contribution in [0.15, 0.2) is 24.3 Å². The molecule has 0 aromatic heterocycles. The summed E-state index contributed by atoms with van der Waals surface area (Å²) in [5.41, 5.74) is 2.62. The van der Waals surface area contributed by atoms with E-state index in [0.717, 1.165) is 13.1 Å². The minimum Gasteiger partial charge on any atom is -0.385 e. The molecule has 0 aliphatic heterocycles. The molecule has 0 atom stereocenters. The van der Waals surface area contributed by atoms with Gasteiger partial charge in [-0.05, 0) is 43.5 Å². The second-order valence-electron chi connectivity index (χ2n) is 5.87. The van der Waals surface area contributed by atoms with Gasteiger partial charge in [-0.25, -0.2) is 0 Å². The molecule has 0 saturated carbocycles. The largest absolute Gasteiger partial charge is 0.385 e. The number of benzene rings is 1. The Bertz CT molecular complexity index is 345. The molecule has 21 heavy (non-hydrogen) atoms. The van der Waals surface area contributed by atoms with Crippen molar-refractivity contribution in [2.45, 2.75) is 65.7 Å². The first-order valence-corrected chi connectivity index (χ1v) is 8.90. The molecule has 0 saturated heterocycles. The average Bonchev–Trinajstić information content (AvgIpc) is 2.52. The number of nitrogens with one attached hydrogen (secondary N) is 1. The van der Waals surface area contributed by atoms with Crippen LogP contribution in [-0.2, 0) is 0 Å². The van der Waals surface area contributed by atoms with Crippen LogP contribution in [0.5, 0.6) is 0 Å². The molecule has 0 aliphatic carbocycles. The molecule has 1 aromatic rings. The first kappa shape index (κ1) is 17.9. The summed E-state index contributed by atoms with van der Waals surface area (Å²) in [6, 6.07) is 8.99. The molecule has 1 aromatic carbocycles. The van der Waals surface area contributed by atoms with E-state index < -0.39 is 0 Å². The zero-order valence-corrected chi connectivity index (χ0v) is 14.3. The van der Waals surface area contributed by atoms with E-state index in [4.69, 9.17) is 0 Å². The van der Waals surface area contributed by atoms with Crippen molar-refractivity contribution in [1.29, 1.82) is 0 Å². The zero-order valence-electron chi connectivity index (χ0n) is 14.3. The summed E-state index contributed by atoms with van der Waals surface area (Å²) in [6.45, 7) is 10.2. The molecule has 1 rings (SSSR count). The lowest BCUT2D eigenvalue weighted by Gasteiger charge is -2.24. The summed E-state index contributed by atoms with van der Waals surface area (Å²) in [7, 11) is 0. The topological polar surface area (TPSA) is 15.3 Å². The third kappa shape index (κ3) is 7.40. The predicted molar refractivity (Wildman–Crippen MR) is 96.5 cm³/mol. The van der Waals surface area contributed by atoms with E-state index in [1.165, 1.54) is 62.9 Å². The molecule has 0 bridgehead atoms. The van der Waals surface area contributed by atoms with Crippen molar-refractivity contribution in [2.24, 2.45) is 0 Å². The molecule has 0 fully saturated rings. The first-order valence-electron chi connectivity index (χ1n) is 8.90. The minimum absolute atomic E-state index is 1.09. The van der Waals surface area contributed by atoms with Crippen LogP contribution in [0, 0.1) is 0 Å². The maximum absolute atomic E-state index is 3.51. The van der Waals surface area contributed by atoms with E-state index in [0.29, 0.717) is 0 Å². The lowest BCUT2D eigenvalue weighted by Crippen LogP contribution is -2.25. The molecule has 2 heteroatoms. The Balaban J connectivity index is 2.48. The van der Waals surface area contributed by atoms with Gasteiger partial charge in [0.1, 0.15) is 0 Å². The van der Waals surface area contributed by atoms with Gasteiger partial charge in [0, 0.05) is 31.0 Å². The molecule has 1 N–H and O–H groups in total. The number of anilines is 2. The van der Waals surface area contributed by atoms with Gasteiger partial charge < -0.3 is 10.2 Å². The number of rotatable bonds is 12. The van der Waals surface area contributed by atoms with Gasteiger partial charge in [-0.1, -0.05) is 46.5 Å². The molecule has 0 radical (unpaired) electrons. The summed E-state index contributed by atoms with van der Waals surface area (Å²) in [5.74, 6) is 0. The van der Waals surface area contributed by atoms with Crippen LogP contribution in [0.4, 0.5) is 11.4 Å². The van der Waals surface area contributed by atoms with E-state index in [1.54, 1.807) is 0 Å². The maximum Gasteiger partial charge on any atom is 0.0367 e. The highest BCUT2D eigenvalue weighted by Crippen LogP contribution is 2.19. The fourth-order valence-electron chi connectivity index (χ4n) is 2.59. The fraction of sp³-hybridized carbons (Fsp3) is 0.684. The van der Waals surface area contributed by atoms with Crippen LogP contribution >= 0.6 is 0 Å². The zero-order chi connectivity index (χ0) is 15.3. The van der Waals surface area contributed by atoms with Gasteiger partial charge in [-0.2, -0.15) is 0 Å². The van der Waals surface area contributed by atoms with Crippen LogP contribution in [-0.4, -0.2) is 19.6 Å². The number of hydrogen-bond acceptors (Lipinski definition) is 2. The van der Waals surface area contributed by atoms with Gasteiger partial charge in [0.25, 0.3) is 0 Å². The van der Waals surface area contributed by atoms with Gasteiger partial charge >= 0.3 is 0 Å². The SMILES string of the molecule is CCCCCNc1ccc(N(CCC)CCCCC)cc1. The summed E-state index contributed by atoms with van der Waals surface area (Å²) in [4.78, 5) is 2.52. The molecule has 0 unspecified atom stereocenters. The summed E-state index contributed by atoms with van der Waals surface area (Å²) >= 11 is 0. The van der Waals surface area contributed by atoms with E-state index in [2.05, 4.69) is 55.3 Å². The maximum atomic E-state index is 3.51. The summed E-state index contributed by atoms with van der Waals surface area (Å²) in [5, 5.41) is 3.51. The molecule has 0 amide bonds. The van der Waals surface area contributed by atoms with Crippen LogP contribution < -0.4 is 10.2 Å². The highest BCUT2D eigenvalue weighted by atomic mass is 15.1. The lowest BCUT2D eigenvalue weighted by molar-refractivity contribution is 0.669. The Morgan fingerprint density at radius 2 is 1.43 bits per heavy atom. The highest BCUT2D eigenvalue weighted by molar-refractivity contribution is 5.55. The first-order chi connectivity index (χ1) is 10.3. The van der Waals surface area contributed by atoms with Crippen molar-refractivity contribution in [2.75, 3.05) is 29.9 Å². The molecule has 0 heterocycles. The van der Waals surface area contributed by atoms with E-state index in [-0.39, 0.29) is 0 Å². The van der Waals surface area contributed by atoms with Gasteiger partial charge in [0.05, 0.1) is 0 Å². The molecule has 0 aliphatic rings. The molecule has 120 valence electrons. The Morgan fingerprint density at radius 3 is 2.05 bits per heavy atom. The van der Waals surface area contributed by atoms with Gasteiger partial charge in [0.2, 0.25) is 0 Å². The molecular weight excluding hydrogens is 256 g/mol. The predicted octanol–water partition coefficient (Wildman–Crippen LogP) is 5.70. The van der Waals surface area contributed by atoms with Crippen LogP contribution in [0.3, 0.4) is 0 Å². The van der Waals surface area contributed by atoms with Crippen LogP contribution in [0.25, 0.3) is 0 Å². The Kier molecular flexibility index (Phi) is 9.77. The fourth-order valence-corrected chi connectivity index (χ4v) is 2.59. The van der Waals surface area contributed by atoms with Gasteiger partial charge in [-0.3, -0.25) is 0 Å². The van der Waals surface area contributed by atoms with Crippen molar-refractivity contribution in [3.63, 3.8) is 0 Å².